The lowest BCUT2D eigenvalue weighted by Crippen LogP contribution is -2.18. The van der Waals surface area contributed by atoms with Crippen LogP contribution in [0.3, 0.4) is 0 Å². The highest BCUT2D eigenvalue weighted by Crippen LogP contribution is 2.38. The number of hydrogen-bond donors (Lipinski definition) is 2. The number of anilines is 1. The number of carbonyl (C=O) groups is 2. The van der Waals surface area contributed by atoms with Gasteiger partial charge in [0.25, 0.3) is 17.5 Å². The summed E-state index contributed by atoms with van der Waals surface area (Å²) in [6.07, 6.45) is 3.68. The van der Waals surface area contributed by atoms with Crippen LogP contribution in [-0.4, -0.2) is 16.7 Å². The van der Waals surface area contributed by atoms with Gasteiger partial charge >= 0.3 is 0 Å². The van der Waals surface area contributed by atoms with Crippen molar-refractivity contribution >= 4 is 33.8 Å². The van der Waals surface area contributed by atoms with Crippen molar-refractivity contribution < 1.29 is 18.9 Å². The van der Waals surface area contributed by atoms with E-state index in [0.717, 1.165) is 36.1 Å². The summed E-state index contributed by atoms with van der Waals surface area (Å²) in [5.74, 6) is -0.702. The molecule has 1 aliphatic carbocycles. The highest BCUT2D eigenvalue weighted by atomic mass is 32.1. The highest BCUT2D eigenvalue weighted by Gasteiger charge is 2.26. The van der Waals surface area contributed by atoms with E-state index >= 15 is 0 Å². The number of fused-ring (bicyclic) bond motifs is 1. The number of benzene rings is 1. The molecule has 0 aliphatic heterocycles. The summed E-state index contributed by atoms with van der Waals surface area (Å²) in [6, 6.07) is 9.02. The van der Waals surface area contributed by atoms with Crippen molar-refractivity contribution in [3.63, 3.8) is 0 Å². The number of rotatable bonds is 5. The zero-order chi connectivity index (χ0) is 20.5. The number of carbonyl (C=O) groups excluding carboxylic acids is 2. The second kappa shape index (κ2) is 7.51. The Bertz CT molecular complexity index is 1130. The maximum Gasteiger partial charge on any atom is 0.292 e. The van der Waals surface area contributed by atoms with Crippen LogP contribution in [0.5, 0.6) is 0 Å². The van der Waals surface area contributed by atoms with Crippen LogP contribution in [0.1, 0.15) is 44.2 Å². The van der Waals surface area contributed by atoms with Crippen LogP contribution in [0.2, 0.25) is 0 Å². The zero-order valence-corrected chi connectivity index (χ0v) is 16.1. The molecule has 2 heterocycles. The van der Waals surface area contributed by atoms with Gasteiger partial charge in [-0.2, -0.15) is 0 Å². The molecule has 2 aromatic heterocycles. The third-order valence-electron chi connectivity index (χ3n) is 4.82. The fraction of sp³-hybridized carbons (Fsp3) is 0.200. The quantitative estimate of drug-likeness (QED) is 0.481. The summed E-state index contributed by atoms with van der Waals surface area (Å²) >= 11 is 1.37. The highest BCUT2D eigenvalue weighted by molar-refractivity contribution is 7.17. The summed E-state index contributed by atoms with van der Waals surface area (Å²) in [7, 11) is 0. The van der Waals surface area contributed by atoms with Gasteiger partial charge in [-0.3, -0.25) is 19.7 Å². The van der Waals surface area contributed by atoms with Gasteiger partial charge in [-0.1, -0.05) is 12.1 Å². The van der Waals surface area contributed by atoms with Crippen molar-refractivity contribution in [3.8, 4) is 11.3 Å². The van der Waals surface area contributed by atoms with E-state index in [9.17, 15) is 19.7 Å². The van der Waals surface area contributed by atoms with Crippen molar-refractivity contribution in [2.24, 2.45) is 5.73 Å². The fourth-order valence-electron chi connectivity index (χ4n) is 3.47. The number of aryl methyl sites for hydroxylation is 1. The van der Waals surface area contributed by atoms with E-state index in [1.807, 2.05) is 0 Å². The Hall–Kier alpha value is -3.46. The summed E-state index contributed by atoms with van der Waals surface area (Å²) in [6.45, 7) is 0. The maximum absolute atomic E-state index is 12.7. The molecular weight excluding hydrogens is 394 g/mol. The lowest BCUT2D eigenvalue weighted by molar-refractivity contribution is -0.384. The third-order valence-corrected chi connectivity index (χ3v) is 6.02. The number of nitrogens with one attached hydrogen (secondary N) is 1. The van der Waals surface area contributed by atoms with Crippen LogP contribution in [0.25, 0.3) is 11.3 Å². The third kappa shape index (κ3) is 3.64. The van der Waals surface area contributed by atoms with Gasteiger partial charge in [0.2, 0.25) is 0 Å². The van der Waals surface area contributed by atoms with Crippen molar-refractivity contribution in [2.75, 3.05) is 5.32 Å². The molecular formula is C20H17N3O5S. The molecule has 1 aliphatic rings. The largest absolute Gasteiger partial charge is 0.451 e. The Labute approximate surface area is 169 Å². The van der Waals surface area contributed by atoms with E-state index in [0.29, 0.717) is 21.9 Å². The molecule has 9 heteroatoms. The number of nitrogens with zero attached hydrogens (tertiary/aromatic N) is 1. The summed E-state index contributed by atoms with van der Waals surface area (Å²) in [5.41, 5.74) is 7.28. The zero-order valence-electron chi connectivity index (χ0n) is 15.3. The van der Waals surface area contributed by atoms with Gasteiger partial charge in [-0.05, 0) is 43.4 Å². The molecule has 0 radical (unpaired) electrons. The molecule has 29 heavy (non-hydrogen) atoms. The molecule has 0 unspecified atom stereocenters. The lowest BCUT2D eigenvalue weighted by atomic mass is 9.95. The minimum Gasteiger partial charge on any atom is -0.451 e. The summed E-state index contributed by atoms with van der Waals surface area (Å²) in [4.78, 5) is 36.1. The van der Waals surface area contributed by atoms with Gasteiger partial charge in [0.15, 0.2) is 5.76 Å². The molecule has 2 amide bonds. The predicted octanol–water partition coefficient (Wildman–Crippen LogP) is 4.15. The number of nitro benzene ring substituents is 1. The predicted molar refractivity (Wildman–Crippen MR) is 108 cm³/mol. The van der Waals surface area contributed by atoms with Gasteiger partial charge in [0.1, 0.15) is 10.8 Å². The van der Waals surface area contributed by atoms with Crippen LogP contribution >= 0.6 is 11.3 Å². The van der Waals surface area contributed by atoms with Crippen LogP contribution in [-0.2, 0) is 12.8 Å². The topological polar surface area (TPSA) is 128 Å². The first-order valence-corrected chi connectivity index (χ1v) is 9.86. The summed E-state index contributed by atoms with van der Waals surface area (Å²) in [5, 5.41) is 14.1. The SMILES string of the molecule is NC(=O)c1c(NC(=O)c2ccc(-c3cccc([N+](=O)[O-])c3)o2)sc2c1CCCC2. The first-order valence-electron chi connectivity index (χ1n) is 9.04. The van der Waals surface area contributed by atoms with Gasteiger partial charge in [-0.25, -0.2) is 0 Å². The molecule has 4 rings (SSSR count). The Morgan fingerprint density at radius 1 is 1.17 bits per heavy atom. The summed E-state index contributed by atoms with van der Waals surface area (Å²) < 4.78 is 5.59. The maximum atomic E-state index is 12.7. The number of furan rings is 1. The minimum atomic E-state index is -0.559. The van der Waals surface area contributed by atoms with E-state index in [4.69, 9.17) is 10.2 Å². The molecule has 0 atom stereocenters. The lowest BCUT2D eigenvalue weighted by Gasteiger charge is -2.11. The Morgan fingerprint density at radius 3 is 2.72 bits per heavy atom. The number of hydrogen-bond acceptors (Lipinski definition) is 6. The normalized spacial score (nSPS) is 13.0. The van der Waals surface area contributed by atoms with Gasteiger partial charge in [0.05, 0.1) is 10.5 Å². The average molecular weight is 411 g/mol. The molecule has 148 valence electrons. The average Bonchev–Trinajstić information content (AvgIpc) is 3.32. The number of non-ortho nitro benzene ring substituents is 1. The molecule has 0 spiro atoms. The molecule has 8 nitrogen and oxygen atoms in total. The fourth-order valence-corrected chi connectivity index (χ4v) is 4.76. The first kappa shape index (κ1) is 18.9. The van der Waals surface area contributed by atoms with Crippen LogP contribution < -0.4 is 11.1 Å². The molecule has 1 aromatic carbocycles. The minimum absolute atomic E-state index is 0.0355. The van der Waals surface area contributed by atoms with Gasteiger partial charge < -0.3 is 15.5 Å². The van der Waals surface area contributed by atoms with Crippen molar-refractivity contribution in [1.29, 1.82) is 0 Å². The van der Waals surface area contributed by atoms with Gasteiger partial charge in [0, 0.05) is 22.6 Å². The Morgan fingerprint density at radius 2 is 1.97 bits per heavy atom. The van der Waals surface area contributed by atoms with E-state index in [1.54, 1.807) is 18.2 Å². The molecule has 3 aromatic rings. The van der Waals surface area contributed by atoms with E-state index in [-0.39, 0.29) is 11.4 Å². The van der Waals surface area contributed by atoms with E-state index < -0.39 is 16.7 Å². The molecule has 0 bridgehead atoms. The first-order chi connectivity index (χ1) is 13.9. The van der Waals surface area contributed by atoms with Crippen molar-refractivity contribution in [1.82, 2.24) is 0 Å². The second-order valence-corrected chi connectivity index (χ2v) is 7.81. The van der Waals surface area contributed by atoms with Crippen LogP contribution in [0, 0.1) is 10.1 Å². The van der Waals surface area contributed by atoms with Gasteiger partial charge in [-0.15, -0.1) is 11.3 Å². The Kier molecular flexibility index (Phi) is 4.89. The van der Waals surface area contributed by atoms with E-state index in [2.05, 4.69) is 5.32 Å². The molecule has 0 saturated carbocycles. The Balaban J connectivity index is 1.59. The number of thiophene rings is 1. The second-order valence-electron chi connectivity index (χ2n) is 6.70. The molecule has 0 saturated heterocycles. The number of nitro groups is 1. The number of amides is 2. The van der Waals surface area contributed by atoms with Crippen LogP contribution in [0.4, 0.5) is 10.7 Å². The van der Waals surface area contributed by atoms with Crippen molar-refractivity contribution in [3.05, 3.63) is 68.3 Å². The molecule has 3 N–H and O–H groups in total. The van der Waals surface area contributed by atoms with Crippen LogP contribution in [0.15, 0.2) is 40.8 Å². The van der Waals surface area contributed by atoms with E-state index in [1.165, 1.54) is 29.5 Å². The molecule has 0 fully saturated rings. The van der Waals surface area contributed by atoms with Crippen molar-refractivity contribution in [2.45, 2.75) is 25.7 Å². The number of nitrogens with two attached hydrogens (primary N) is 1. The number of primary amides is 1. The standard InChI is InChI=1S/C20H17N3O5S/c21-18(24)17-13-6-1-2-7-16(13)29-20(17)22-19(25)15-9-8-14(28-15)11-4-3-5-12(10-11)23(26)27/h3-5,8-10H,1-2,6-7H2,(H2,21,24)(H,22,25). The smallest absolute Gasteiger partial charge is 0.292 e. The monoisotopic (exact) mass is 411 g/mol.